The summed E-state index contributed by atoms with van der Waals surface area (Å²) >= 11 is 12.1. The minimum absolute atomic E-state index is 0.193. The lowest BCUT2D eigenvalue weighted by Gasteiger charge is -2.32. The topological polar surface area (TPSA) is 69.7 Å². The number of carbonyl (C=O) groups is 1. The molecule has 0 unspecified atom stereocenters. The Morgan fingerprint density at radius 2 is 1.74 bits per heavy atom. The van der Waals surface area contributed by atoms with Gasteiger partial charge in [0.1, 0.15) is 0 Å². The van der Waals surface area contributed by atoms with Gasteiger partial charge in [0, 0.05) is 33.1 Å². The molecule has 0 spiro atoms. The molecule has 1 aromatic rings. The van der Waals surface area contributed by atoms with Crippen molar-refractivity contribution in [1.29, 1.82) is 0 Å². The molecule has 23 heavy (non-hydrogen) atoms. The Bertz CT molecular complexity index is 666. The first-order valence-electron chi connectivity index (χ1n) is 7.16. The van der Waals surface area contributed by atoms with Crippen LogP contribution in [0.4, 0.5) is 5.69 Å². The van der Waals surface area contributed by atoms with Crippen LogP contribution in [0.2, 0.25) is 10.0 Å². The molecule has 9 heteroatoms. The Labute approximate surface area is 146 Å². The molecule has 0 bridgehead atoms. The van der Waals surface area contributed by atoms with Gasteiger partial charge in [-0.3, -0.25) is 4.79 Å². The summed E-state index contributed by atoms with van der Waals surface area (Å²) in [5.41, 5.74) is 0.393. The second-order valence-electron chi connectivity index (χ2n) is 5.55. The first kappa shape index (κ1) is 18.5. The fourth-order valence-electron chi connectivity index (χ4n) is 2.42. The SMILES string of the molecule is CN(C)S(=O)(=O)N1CCC(C(=O)Nc2c(Cl)cccc2Cl)CC1. The second kappa shape index (κ2) is 7.36. The van der Waals surface area contributed by atoms with Gasteiger partial charge in [0.2, 0.25) is 5.91 Å². The maximum Gasteiger partial charge on any atom is 0.281 e. The summed E-state index contributed by atoms with van der Waals surface area (Å²) in [6.07, 6.45) is 0.919. The number of anilines is 1. The molecule has 1 amide bonds. The normalized spacial score (nSPS) is 17.4. The van der Waals surface area contributed by atoms with Gasteiger partial charge in [0.05, 0.1) is 15.7 Å². The van der Waals surface area contributed by atoms with Gasteiger partial charge in [-0.1, -0.05) is 29.3 Å². The van der Waals surface area contributed by atoms with E-state index < -0.39 is 10.2 Å². The zero-order chi connectivity index (χ0) is 17.2. The fourth-order valence-corrected chi connectivity index (χ4v) is 4.05. The number of hydrogen-bond acceptors (Lipinski definition) is 3. The van der Waals surface area contributed by atoms with Crippen LogP contribution in [0, 0.1) is 5.92 Å². The summed E-state index contributed by atoms with van der Waals surface area (Å²) in [5.74, 6) is -0.460. The number of hydrogen-bond donors (Lipinski definition) is 1. The van der Waals surface area contributed by atoms with Gasteiger partial charge in [0.15, 0.2) is 0 Å². The van der Waals surface area contributed by atoms with Crippen molar-refractivity contribution >= 4 is 45.0 Å². The average Bonchev–Trinajstić information content (AvgIpc) is 2.51. The fraction of sp³-hybridized carbons (Fsp3) is 0.500. The molecule has 2 rings (SSSR count). The molecule has 1 fully saturated rings. The van der Waals surface area contributed by atoms with E-state index >= 15 is 0 Å². The lowest BCUT2D eigenvalue weighted by molar-refractivity contribution is -0.120. The minimum atomic E-state index is -3.43. The van der Waals surface area contributed by atoms with Crippen LogP contribution in [0.3, 0.4) is 0 Å². The highest BCUT2D eigenvalue weighted by Crippen LogP contribution is 2.31. The molecule has 1 aromatic carbocycles. The van der Waals surface area contributed by atoms with Crippen LogP contribution in [-0.4, -0.2) is 50.1 Å². The van der Waals surface area contributed by atoms with Gasteiger partial charge >= 0.3 is 0 Å². The van der Waals surface area contributed by atoms with E-state index in [2.05, 4.69) is 5.32 Å². The van der Waals surface area contributed by atoms with Gasteiger partial charge in [0.25, 0.3) is 10.2 Å². The van der Waals surface area contributed by atoms with Gasteiger partial charge in [-0.05, 0) is 25.0 Å². The maximum atomic E-state index is 12.4. The molecule has 1 N–H and O–H groups in total. The predicted octanol–water partition coefficient (Wildman–Crippen LogP) is 2.45. The third-order valence-electron chi connectivity index (χ3n) is 3.82. The van der Waals surface area contributed by atoms with Crippen LogP contribution in [0.1, 0.15) is 12.8 Å². The highest BCUT2D eigenvalue weighted by molar-refractivity contribution is 7.86. The molecule has 0 radical (unpaired) electrons. The zero-order valence-corrected chi connectivity index (χ0v) is 15.2. The molecular weight excluding hydrogens is 361 g/mol. The lowest BCUT2D eigenvalue weighted by atomic mass is 9.97. The number of nitrogens with one attached hydrogen (secondary N) is 1. The van der Waals surface area contributed by atoms with Crippen LogP contribution in [0.25, 0.3) is 0 Å². The quantitative estimate of drug-likeness (QED) is 0.873. The molecular formula is C14H19Cl2N3O3S. The van der Waals surface area contributed by atoms with Gasteiger partial charge in [-0.15, -0.1) is 0 Å². The zero-order valence-electron chi connectivity index (χ0n) is 12.9. The van der Waals surface area contributed by atoms with Crippen molar-refractivity contribution in [2.75, 3.05) is 32.5 Å². The molecule has 1 saturated heterocycles. The van der Waals surface area contributed by atoms with Crippen LogP contribution in [0.15, 0.2) is 18.2 Å². The van der Waals surface area contributed by atoms with Crippen LogP contribution in [-0.2, 0) is 15.0 Å². The van der Waals surface area contributed by atoms with E-state index in [1.807, 2.05) is 0 Å². The number of rotatable bonds is 4. The number of benzene rings is 1. The second-order valence-corrected chi connectivity index (χ2v) is 8.51. The Balaban J connectivity index is 1.99. The summed E-state index contributed by atoms with van der Waals surface area (Å²) in [6.45, 7) is 0.629. The van der Waals surface area contributed by atoms with E-state index in [0.29, 0.717) is 41.7 Å². The Morgan fingerprint density at radius 1 is 1.22 bits per heavy atom. The molecule has 0 saturated carbocycles. The van der Waals surface area contributed by atoms with Crippen LogP contribution < -0.4 is 5.32 Å². The molecule has 0 atom stereocenters. The Kier molecular flexibility index (Phi) is 5.91. The molecule has 0 aliphatic carbocycles. The molecule has 128 valence electrons. The van der Waals surface area contributed by atoms with Crippen molar-refractivity contribution in [1.82, 2.24) is 8.61 Å². The number of nitrogens with zero attached hydrogens (tertiary/aromatic N) is 2. The number of para-hydroxylation sites is 1. The third kappa shape index (κ3) is 4.16. The van der Waals surface area contributed by atoms with E-state index in [4.69, 9.17) is 23.2 Å². The van der Waals surface area contributed by atoms with E-state index in [1.165, 1.54) is 22.7 Å². The van der Waals surface area contributed by atoms with Gasteiger partial charge in [-0.25, -0.2) is 0 Å². The lowest BCUT2D eigenvalue weighted by Crippen LogP contribution is -2.46. The number of piperidine rings is 1. The van der Waals surface area contributed by atoms with E-state index in [-0.39, 0.29) is 11.8 Å². The first-order chi connectivity index (χ1) is 10.7. The smallest absolute Gasteiger partial charge is 0.281 e. The molecule has 1 heterocycles. The van der Waals surface area contributed by atoms with E-state index in [0.717, 1.165) is 0 Å². The van der Waals surface area contributed by atoms with Crippen molar-refractivity contribution < 1.29 is 13.2 Å². The summed E-state index contributed by atoms with van der Waals surface area (Å²) in [7, 11) is -0.441. The Hall–Kier alpha value is -0.860. The highest BCUT2D eigenvalue weighted by Gasteiger charge is 2.32. The predicted molar refractivity (Wildman–Crippen MR) is 92.0 cm³/mol. The molecule has 1 aliphatic rings. The van der Waals surface area contributed by atoms with E-state index in [1.54, 1.807) is 18.2 Å². The van der Waals surface area contributed by atoms with Gasteiger partial charge < -0.3 is 5.32 Å². The summed E-state index contributed by atoms with van der Waals surface area (Å²) in [4.78, 5) is 12.4. The minimum Gasteiger partial charge on any atom is -0.323 e. The van der Waals surface area contributed by atoms with Crippen LogP contribution in [0.5, 0.6) is 0 Å². The first-order valence-corrected chi connectivity index (χ1v) is 9.31. The highest BCUT2D eigenvalue weighted by atomic mass is 35.5. The van der Waals surface area contributed by atoms with Crippen molar-refractivity contribution in [3.05, 3.63) is 28.2 Å². The summed E-state index contributed by atoms with van der Waals surface area (Å²) in [5, 5.41) is 3.49. The number of halogens is 2. The third-order valence-corrected chi connectivity index (χ3v) is 6.39. The monoisotopic (exact) mass is 379 g/mol. The van der Waals surface area contributed by atoms with E-state index in [9.17, 15) is 13.2 Å². The van der Waals surface area contributed by atoms with Crippen LogP contribution >= 0.6 is 23.2 Å². The van der Waals surface area contributed by atoms with Crippen molar-refractivity contribution in [3.63, 3.8) is 0 Å². The largest absolute Gasteiger partial charge is 0.323 e. The van der Waals surface area contributed by atoms with Crippen molar-refractivity contribution in [2.45, 2.75) is 12.8 Å². The maximum absolute atomic E-state index is 12.4. The number of amides is 1. The summed E-state index contributed by atoms with van der Waals surface area (Å²) < 4.78 is 26.7. The summed E-state index contributed by atoms with van der Waals surface area (Å²) in [6, 6.07) is 5.00. The average molecular weight is 380 g/mol. The van der Waals surface area contributed by atoms with Gasteiger partial charge in [-0.2, -0.15) is 17.0 Å². The molecule has 6 nitrogen and oxygen atoms in total. The molecule has 1 aliphatic heterocycles. The van der Waals surface area contributed by atoms with Crippen molar-refractivity contribution in [2.24, 2.45) is 5.92 Å². The molecule has 0 aromatic heterocycles. The Morgan fingerprint density at radius 3 is 2.22 bits per heavy atom. The standard InChI is InChI=1S/C14H19Cl2N3O3S/c1-18(2)23(21,22)19-8-6-10(7-9-19)14(20)17-13-11(15)4-3-5-12(13)16/h3-5,10H,6-9H2,1-2H3,(H,17,20). The number of carbonyl (C=O) groups excluding carboxylic acids is 1. The van der Waals surface area contributed by atoms with Crippen molar-refractivity contribution in [3.8, 4) is 0 Å².